The van der Waals surface area contributed by atoms with E-state index in [-0.39, 0.29) is 23.5 Å². The third-order valence-electron chi connectivity index (χ3n) is 6.43. The number of anilines is 2. The topological polar surface area (TPSA) is 105 Å². The molecule has 0 aliphatic heterocycles. The number of amides is 1. The number of benzene rings is 2. The molecule has 1 spiro atoms. The van der Waals surface area contributed by atoms with Crippen LogP contribution in [0.4, 0.5) is 20.3 Å². The lowest BCUT2D eigenvalue weighted by Gasteiger charge is -2.37. The molecule has 0 atom stereocenters. The van der Waals surface area contributed by atoms with Crippen molar-refractivity contribution >= 4 is 33.2 Å². The average molecular weight is 483 g/mol. The van der Waals surface area contributed by atoms with E-state index in [1.54, 1.807) is 18.2 Å². The molecular weight excluding hydrogens is 464 g/mol. The zero-order valence-corrected chi connectivity index (χ0v) is 18.6. The van der Waals surface area contributed by atoms with Crippen molar-refractivity contribution in [2.75, 3.05) is 10.0 Å². The Balaban J connectivity index is 1.58. The quantitative estimate of drug-likeness (QED) is 0.572. The first kappa shape index (κ1) is 22.1. The summed E-state index contributed by atoms with van der Waals surface area (Å²) >= 11 is 0. The van der Waals surface area contributed by atoms with Gasteiger partial charge >= 0.3 is 0 Å². The van der Waals surface area contributed by atoms with Crippen molar-refractivity contribution in [3.63, 3.8) is 0 Å². The van der Waals surface area contributed by atoms with Crippen molar-refractivity contribution in [1.82, 2.24) is 4.98 Å². The van der Waals surface area contributed by atoms with E-state index in [0.29, 0.717) is 35.9 Å². The minimum absolute atomic E-state index is 0.00891. The van der Waals surface area contributed by atoms with E-state index in [1.165, 1.54) is 18.3 Å². The SMILES string of the molecule is O=C(Nc1ccccn1)c1cc(NS(=O)(=O)c2ccc(F)cc2F)cc2c1CC(=O)C21CCC1. The molecule has 5 rings (SSSR count). The highest BCUT2D eigenvalue weighted by atomic mass is 32.2. The minimum Gasteiger partial charge on any atom is -0.307 e. The first-order valence-electron chi connectivity index (χ1n) is 10.6. The lowest BCUT2D eigenvalue weighted by atomic mass is 9.64. The first-order valence-corrected chi connectivity index (χ1v) is 12.1. The fraction of sp³-hybridized carbons (Fsp3) is 0.208. The van der Waals surface area contributed by atoms with Crippen LogP contribution in [0.2, 0.25) is 0 Å². The van der Waals surface area contributed by atoms with Gasteiger partial charge in [0.1, 0.15) is 28.1 Å². The molecule has 0 unspecified atom stereocenters. The number of rotatable bonds is 5. The molecule has 3 aromatic rings. The van der Waals surface area contributed by atoms with Crippen LogP contribution in [0.15, 0.2) is 59.6 Å². The van der Waals surface area contributed by atoms with Gasteiger partial charge in [-0.25, -0.2) is 22.2 Å². The molecule has 2 aromatic carbocycles. The van der Waals surface area contributed by atoms with Gasteiger partial charge in [-0.3, -0.25) is 14.3 Å². The number of sulfonamides is 1. The van der Waals surface area contributed by atoms with Gasteiger partial charge in [0, 0.05) is 29.9 Å². The molecule has 10 heteroatoms. The molecule has 1 aromatic heterocycles. The van der Waals surface area contributed by atoms with Crippen LogP contribution in [0, 0.1) is 11.6 Å². The zero-order chi connectivity index (χ0) is 24.1. The van der Waals surface area contributed by atoms with E-state index < -0.39 is 37.9 Å². The van der Waals surface area contributed by atoms with Gasteiger partial charge in [0.15, 0.2) is 0 Å². The van der Waals surface area contributed by atoms with Crippen LogP contribution in [0.25, 0.3) is 0 Å². The van der Waals surface area contributed by atoms with Crippen LogP contribution >= 0.6 is 0 Å². The van der Waals surface area contributed by atoms with Gasteiger partial charge in [0.05, 0.1) is 5.41 Å². The maximum atomic E-state index is 14.2. The van der Waals surface area contributed by atoms with Crippen molar-refractivity contribution in [3.05, 3.63) is 83.1 Å². The van der Waals surface area contributed by atoms with Crippen molar-refractivity contribution in [3.8, 4) is 0 Å². The summed E-state index contributed by atoms with van der Waals surface area (Å²) in [7, 11) is -4.44. The second-order valence-corrected chi connectivity index (χ2v) is 10.1. The summed E-state index contributed by atoms with van der Waals surface area (Å²) < 4.78 is 55.5. The molecule has 1 saturated carbocycles. The van der Waals surface area contributed by atoms with Gasteiger partial charge in [-0.2, -0.15) is 0 Å². The lowest BCUT2D eigenvalue weighted by molar-refractivity contribution is -0.125. The fourth-order valence-electron chi connectivity index (χ4n) is 4.63. The Hall–Kier alpha value is -3.66. The Kier molecular flexibility index (Phi) is 5.20. The molecule has 0 bridgehead atoms. The minimum atomic E-state index is -4.44. The maximum absolute atomic E-state index is 14.2. The Morgan fingerprint density at radius 2 is 1.85 bits per heavy atom. The summed E-state index contributed by atoms with van der Waals surface area (Å²) in [5, 5.41) is 2.66. The van der Waals surface area contributed by atoms with Gasteiger partial charge < -0.3 is 5.32 Å². The number of hydrogen-bond donors (Lipinski definition) is 2. The molecule has 2 aliphatic rings. The van der Waals surface area contributed by atoms with Crippen molar-refractivity contribution in [1.29, 1.82) is 0 Å². The highest BCUT2D eigenvalue weighted by Crippen LogP contribution is 2.52. The lowest BCUT2D eigenvalue weighted by Crippen LogP contribution is -2.39. The van der Waals surface area contributed by atoms with E-state index >= 15 is 0 Å². The number of nitrogens with one attached hydrogen (secondary N) is 2. The van der Waals surface area contributed by atoms with Gasteiger partial charge in [-0.1, -0.05) is 12.5 Å². The molecule has 2 N–H and O–H groups in total. The van der Waals surface area contributed by atoms with Crippen LogP contribution < -0.4 is 10.0 Å². The molecule has 174 valence electrons. The Morgan fingerprint density at radius 3 is 2.50 bits per heavy atom. The summed E-state index contributed by atoms with van der Waals surface area (Å²) in [6.07, 6.45) is 3.65. The molecule has 0 radical (unpaired) electrons. The van der Waals surface area contributed by atoms with E-state index in [9.17, 15) is 26.8 Å². The maximum Gasteiger partial charge on any atom is 0.264 e. The Morgan fingerprint density at radius 1 is 1.06 bits per heavy atom. The number of nitrogens with zero attached hydrogens (tertiary/aromatic N) is 1. The average Bonchev–Trinajstić information content (AvgIpc) is 3.05. The van der Waals surface area contributed by atoms with Gasteiger partial charge in [0.25, 0.3) is 15.9 Å². The number of pyridine rings is 1. The number of carbonyl (C=O) groups excluding carboxylic acids is 2. The monoisotopic (exact) mass is 483 g/mol. The number of ketones is 1. The Labute approximate surface area is 194 Å². The molecule has 7 nitrogen and oxygen atoms in total. The fourth-order valence-corrected chi connectivity index (χ4v) is 5.73. The summed E-state index contributed by atoms with van der Waals surface area (Å²) in [6.45, 7) is 0. The zero-order valence-electron chi connectivity index (χ0n) is 17.8. The van der Waals surface area contributed by atoms with E-state index in [1.807, 2.05) is 0 Å². The number of Topliss-reactive ketones (excluding diaryl/α,β-unsaturated/α-hetero) is 1. The second-order valence-electron chi connectivity index (χ2n) is 8.43. The third kappa shape index (κ3) is 3.63. The van der Waals surface area contributed by atoms with Crippen molar-refractivity contribution in [2.24, 2.45) is 0 Å². The largest absolute Gasteiger partial charge is 0.307 e. The molecular formula is C24H19F2N3O4S. The predicted octanol–water partition coefficient (Wildman–Crippen LogP) is 3.96. The van der Waals surface area contributed by atoms with E-state index in [0.717, 1.165) is 18.6 Å². The van der Waals surface area contributed by atoms with Crippen LogP contribution in [0.5, 0.6) is 0 Å². The standard InChI is InChI=1S/C24H19F2N3O4S/c25-14-5-6-20(19(26)10-14)34(32,33)29-15-11-17(23(31)28-22-4-1-2-9-27-22)16-13-21(30)24(7-3-8-24)18(16)12-15/h1-2,4-6,9-12,29H,3,7-8,13H2,(H,27,28,31). The van der Waals surface area contributed by atoms with Crippen molar-refractivity contribution in [2.45, 2.75) is 36.0 Å². The molecule has 2 aliphatic carbocycles. The van der Waals surface area contributed by atoms with E-state index in [2.05, 4.69) is 15.0 Å². The van der Waals surface area contributed by atoms with Gasteiger partial charge in [-0.15, -0.1) is 0 Å². The number of halogens is 2. The summed E-state index contributed by atoms with van der Waals surface area (Å²) in [5.41, 5.74) is 0.564. The van der Waals surface area contributed by atoms with Crippen LogP contribution in [-0.4, -0.2) is 25.1 Å². The van der Waals surface area contributed by atoms with Gasteiger partial charge in [0.2, 0.25) is 0 Å². The van der Waals surface area contributed by atoms with Crippen LogP contribution in [0.3, 0.4) is 0 Å². The molecule has 1 fully saturated rings. The van der Waals surface area contributed by atoms with E-state index in [4.69, 9.17) is 0 Å². The number of aromatic nitrogens is 1. The van der Waals surface area contributed by atoms with Crippen molar-refractivity contribution < 1.29 is 26.8 Å². The number of hydrogen-bond acceptors (Lipinski definition) is 5. The molecule has 1 amide bonds. The molecule has 1 heterocycles. The normalized spacial score (nSPS) is 16.1. The molecule has 34 heavy (non-hydrogen) atoms. The second kappa shape index (κ2) is 7.98. The summed E-state index contributed by atoms with van der Waals surface area (Å²) in [6, 6.07) is 9.99. The van der Waals surface area contributed by atoms with Crippen LogP contribution in [0.1, 0.15) is 40.7 Å². The number of fused-ring (bicyclic) bond motifs is 2. The van der Waals surface area contributed by atoms with Gasteiger partial charge in [-0.05, 0) is 60.4 Å². The summed E-state index contributed by atoms with van der Waals surface area (Å²) in [4.78, 5) is 29.4. The summed E-state index contributed by atoms with van der Waals surface area (Å²) in [5.74, 6) is -2.41. The van der Waals surface area contributed by atoms with Crippen LogP contribution in [-0.2, 0) is 26.7 Å². The molecule has 0 saturated heterocycles. The smallest absolute Gasteiger partial charge is 0.264 e. The highest BCUT2D eigenvalue weighted by Gasteiger charge is 2.51. The Bertz CT molecular complexity index is 1440. The third-order valence-corrected chi connectivity index (χ3v) is 7.85. The first-order chi connectivity index (χ1) is 16.2. The number of carbonyl (C=O) groups is 2. The highest BCUT2D eigenvalue weighted by molar-refractivity contribution is 7.92. The predicted molar refractivity (Wildman–Crippen MR) is 120 cm³/mol.